The molecule has 1 aliphatic heterocycles. The molecule has 7 nitrogen and oxygen atoms in total. The Morgan fingerprint density at radius 3 is 2.73 bits per heavy atom. The second kappa shape index (κ2) is 7.86. The molecule has 8 heteroatoms. The van der Waals surface area contributed by atoms with Crippen molar-refractivity contribution in [2.24, 2.45) is 0 Å². The number of amides is 3. The highest BCUT2D eigenvalue weighted by Gasteiger charge is 2.16. The van der Waals surface area contributed by atoms with Crippen LogP contribution in [-0.2, 0) is 9.53 Å². The molecule has 0 saturated carbocycles. The molecule has 1 aromatic rings. The maximum atomic E-state index is 11.7. The predicted molar refractivity (Wildman–Crippen MR) is 85.6 cm³/mol. The molecule has 3 N–H and O–H groups in total. The number of nitrogens with zero attached hydrogens (tertiary/aromatic N) is 1. The van der Waals surface area contributed by atoms with Gasteiger partial charge in [-0.05, 0) is 18.2 Å². The van der Waals surface area contributed by atoms with E-state index in [4.69, 9.17) is 16.3 Å². The molecule has 1 aromatic carbocycles. The minimum atomic E-state index is -0.536. The van der Waals surface area contributed by atoms with Gasteiger partial charge in [0.05, 0.1) is 31.1 Å². The molecule has 2 rings (SSSR count). The maximum Gasteiger partial charge on any atom is 0.321 e. The molecule has 120 valence electrons. The third kappa shape index (κ3) is 4.51. The van der Waals surface area contributed by atoms with Gasteiger partial charge < -0.3 is 20.3 Å². The second-order valence-corrected chi connectivity index (χ2v) is 5.18. The Bertz CT molecular complexity index is 547. The number of carbonyl (C=O) groups excluding carboxylic acids is 2. The van der Waals surface area contributed by atoms with Gasteiger partial charge in [0.2, 0.25) is 5.91 Å². The molecule has 0 aliphatic carbocycles. The molecule has 1 fully saturated rings. The summed E-state index contributed by atoms with van der Waals surface area (Å²) in [5, 5.41) is 8.12. The quantitative estimate of drug-likeness (QED) is 0.770. The van der Waals surface area contributed by atoms with E-state index in [9.17, 15) is 9.59 Å². The van der Waals surface area contributed by atoms with Gasteiger partial charge in [-0.3, -0.25) is 10.1 Å². The van der Waals surface area contributed by atoms with Crippen LogP contribution < -0.4 is 20.9 Å². The number of morpholine rings is 1. The number of carbonyl (C=O) groups is 2. The molecule has 0 radical (unpaired) electrons. The number of hydrogen-bond donors (Lipinski definition) is 3. The van der Waals surface area contributed by atoms with Crippen molar-refractivity contribution in [2.75, 3.05) is 50.1 Å². The maximum absolute atomic E-state index is 11.7. The molecule has 0 bridgehead atoms. The van der Waals surface area contributed by atoms with Gasteiger partial charge in [0.15, 0.2) is 0 Å². The van der Waals surface area contributed by atoms with E-state index in [2.05, 4.69) is 20.9 Å². The number of rotatable bonds is 4. The second-order valence-electron chi connectivity index (χ2n) is 4.74. The fourth-order valence-corrected chi connectivity index (χ4v) is 2.31. The fourth-order valence-electron chi connectivity index (χ4n) is 2.14. The van der Waals surface area contributed by atoms with E-state index in [0.717, 1.165) is 24.5 Å². The van der Waals surface area contributed by atoms with Gasteiger partial charge in [-0.15, -0.1) is 0 Å². The number of hydrogen-bond acceptors (Lipinski definition) is 5. The smallest absolute Gasteiger partial charge is 0.321 e. The van der Waals surface area contributed by atoms with Crippen LogP contribution in [0.15, 0.2) is 18.2 Å². The number of ether oxygens (including phenoxy) is 1. The highest BCUT2D eigenvalue weighted by atomic mass is 35.5. The van der Waals surface area contributed by atoms with Gasteiger partial charge in [-0.1, -0.05) is 11.6 Å². The van der Waals surface area contributed by atoms with E-state index in [0.29, 0.717) is 18.2 Å². The number of imide groups is 1. The van der Waals surface area contributed by atoms with Gasteiger partial charge in [0.25, 0.3) is 0 Å². The summed E-state index contributed by atoms with van der Waals surface area (Å²) in [6.45, 7) is 2.87. The Balaban J connectivity index is 2.04. The zero-order valence-corrected chi connectivity index (χ0v) is 13.1. The zero-order valence-electron chi connectivity index (χ0n) is 12.3. The van der Waals surface area contributed by atoms with Crippen molar-refractivity contribution in [3.05, 3.63) is 23.2 Å². The molecule has 3 amide bonds. The Hall–Kier alpha value is -1.99. The number of benzene rings is 1. The number of halogens is 1. The van der Waals surface area contributed by atoms with Crippen molar-refractivity contribution in [2.45, 2.75) is 0 Å². The summed E-state index contributed by atoms with van der Waals surface area (Å²) in [4.78, 5) is 24.9. The van der Waals surface area contributed by atoms with Crippen LogP contribution in [0.4, 0.5) is 16.2 Å². The van der Waals surface area contributed by atoms with Crippen LogP contribution in [-0.4, -0.2) is 51.8 Å². The summed E-state index contributed by atoms with van der Waals surface area (Å²) in [6.07, 6.45) is 0. The lowest BCUT2D eigenvalue weighted by Crippen LogP contribution is -2.40. The third-order valence-electron chi connectivity index (χ3n) is 3.23. The normalized spacial score (nSPS) is 14.4. The SMILES string of the molecule is CNC(=O)NC(=O)CNc1cc(Cl)ccc1N1CCOCC1. The highest BCUT2D eigenvalue weighted by Crippen LogP contribution is 2.29. The van der Waals surface area contributed by atoms with Gasteiger partial charge in [0.1, 0.15) is 0 Å². The number of urea groups is 1. The molecular formula is C14H19ClN4O3. The standard InChI is InChI=1S/C14H19ClN4O3/c1-16-14(21)18-13(20)9-17-11-8-10(15)2-3-12(11)19-4-6-22-7-5-19/h2-3,8,17H,4-7,9H2,1H3,(H2,16,18,20,21). The first-order chi connectivity index (χ1) is 10.6. The number of nitrogens with one attached hydrogen (secondary N) is 3. The van der Waals surface area contributed by atoms with E-state index in [-0.39, 0.29) is 6.54 Å². The summed E-state index contributed by atoms with van der Waals surface area (Å²) in [5.41, 5.74) is 1.71. The van der Waals surface area contributed by atoms with E-state index >= 15 is 0 Å². The molecule has 0 aromatic heterocycles. The molecule has 1 aliphatic rings. The van der Waals surface area contributed by atoms with Gasteiger partial charge >= 0.3 is 6.03 Å². The zero-order chi connectivity index (χ0) is 15.9. The van der Waals surface area contributed by atoms with Crippen molar-refractivity contribution >= 4 is 34.9 Å². The summed E-state index contributed by atoms with van der Waals surface area (Å²) < 4.78 is 5.34. The molecule has 1 heterocycles. The topological polar surface area (TPSA) is 82.7 Å². The van der Waals surface area contributed by atoms with Crippen molar-refractivity contribution in [3.8, 4) is 0 Å². The van der Waals surface area contributed by atoms with E-state index in [1.807, 2.05) is 12.1 Å². The van der Waals surface area contributed by atoms with Crippen molar-refractivity contribution < 1.29 is 14.3 Å². The van der Waals surface area contributed by atoms with Crippen LogP contribution in [0.1, 0.15) is 0 Å². The summed E-state index contributed by atoms with van der Waals surface area (Å²) in [5.74, 6) is -0.424. The average molecular weight is 327 g/mol. The number of anilines is 2. The summed E-state index contributed by atoms with van der Waals surface area (Å²) in [6, 6.07) is 4.94. The lowest BCUT2D eigenvalue weighted by atomic mass is 10.2. The van der Waals surface area contributed by atoms with Crippen molar-refractivity contribution in [1.82, 2.24) is 10.6 Å². The van der Waals surface area contributed by atoms with E-state index < -0.39 is 11.9 Å². The first kappa shape index (κ1) is 16.4. The molecule has 0 atom stereocenters. The van der Waals surface area contributed by atoms with Crippen molar-refractivity contribution in [1.29, 1.82) is 0 Å². The Morgan fingerprint density at radius 2 is 2.05 bits per heavy atom. The minimum absolute atomic E-state index is 0.0227. The Morgan fingerprint density at radius 1 is 1.32 bits per heavy atom. The first-order valence-electron chi connectivity index (χ1n) is 6.98. The Labute approximate surface area is 133 Å². The van der Waals surface area contributed by atoms with E-state index in [1.165, 1.54) is 7.05 Å². The van der Waals surface area contributed by atoms with Gasteiger partial charge in [0, 0.05) is 25.2 Å². The van der Waals surface area contributed by atoms with Crippen LogP contribution in [0.5, 0.6) is 0 Å². The molecule has 0 unspecified atom stereocenters. The average Bonchev–Trinajstić information content (AvgIpc) is 2.53. The molecule has 1 saturated heterocycles. The lowest BCUT2D eigenvalue weighted by Gasteiger charge is -2.30. The van der Waals surface area contributed by atoms with Crippen LogP contribution >= 0.6 is 11.6 Å². The summed E-state index contributed by atoms with van der Waals surface area (Å²) >= 11 is 6.03. The molecular weight excluding hydrogens is 308 g/mol. The monoisotopic (exact) mass is 326 g/mol. The highest BCUT2D eigenvalue weighted by molar-refractivity contribution is 6.31. The molecule has 22 heavy (non-hydrogen) atoms. The first-order valence-corrected chi connectivity index (χ1v) is 7.35. The van der Waals surface area contributed by atoms with Crippen LogP contribution in [0.25, 0.3) is 0 Å². The minimum Gasteiger partial charge on any atom is -0.378 e. The largest absolute Gasteiger partial charge is 0.378 e. The van der Waals surface area contributed by atoms with E-state index in [1.54, 1.807) is 6.07 Å². The van der Waals surface area contributed by atoms with Gasteiger partial charge in [-0.2, -0.15) is 0 Å². The van der Waals surface area contributed by atoms with Crippen molar-refractivity contribution in [3.63, 3.8) is 0 Å². The lowest BCUT2D eigenvalue weighted by molar-refractivity contribution is -0.118. The Kier molecular flexibility index (Phi) is 5.85. The molecule has 0 spiro atoms. The fraction of sp³-hybridized carbons (Fsp3) is 0.429. The third-order valence-corrected chi connectivity index (χ3v) is 3.46. The summed E-state index contributed by atoms with van der Waals surface area (Å²) in [7, 11) is 1.45. The van der Waals surface area contributed by atoms with Crippen LogP contribution in [0.2, 0.25) is 5.02 Å². The van der Waals surface area contributed by atoms with Crippen LogP contribution in [0.3, 0.4) is 0 Å². The predicted octanol–water partition coefficient (Wildman–Crippen LogP) is 1.04. The van der Waals surface area contributed by atoms with Crippen LogP contribution in [0, 0.1) is 0 Å². The van der Waals surface area contributed by atoms with Gasteiger partial charge in [-0.25, -0.2) is 4.79 Å².